The monoisotopic (exact) mass is 248 g/mol. The number of phenols is 1. The minimum absolute atomic E-state index is 0.0449. The van der Waals surface area contributed by atoms with Crippen LogP contribution in [-0.2, 0) is 4.79 Å². The molecule has 0 spiro atoms. The van der Waals surface area contributed by atoms with Gasteiger partial charge in [-0.1, -0.05) is 0 Å². The number of anilines is 1. The van der Waals surface area contributed by atoms with Gasteiger partial charge in [-0.25, -0.2) is 0 Å². The number of benzene rings is 1. The fraction of sp³-hybridized carbons (Fsp3) is 0.500. The molecular formula is C14H20N2O2. The average Bonchev–Trinajstić information content (AvgIpc) is 2.33. The third kappa shape index (κ3) is 2.64. The maximum atomic E-state index is 12.3. The highest BCUT2D eigenvalue weighted by molar-refractivity contribution is 5.96. The Morgan fingerprint density at radius 3 is 2.89 bits per heavy atom. The summed E-state index contributed by atoms with van der Waals surface area (Å²) >= 11 is 0. The summed E-state index contributed by atoms with van der Waals surface area (Å²) < 4.78 is 0. The number of aromatic hydroxyl groups is 1. The number of hydrogen-bond acceptors (Lipinski definition) is 3. The normalized spacial score (nSPS) is 23.7. The molecule has 1 saturated heterocycles. The van der Waals surface area contributed by atoms with Crippen molar-refractivity contribution >= 4 is 11.6 Å². The van der Waals surface area contributed by atoms with Gasteiger partial charge in [0.2, 0.25) is 5.91 Å². The average molecular weight is 248 g/mol. The predicted octanol–water partition coefficient (Wildman–Crippen LogP) is 2.03. The van der Waals surface area contributed by atoms with Gasteiger partial charge in [0.1, 0.15) is 5.75 Å². The zero-order chi connectivity index (χ0) is 13.2. The molecule has 18 heavy (non-hydrogen) atoms. The van der Waals surface area contributed by atoms with Crippen LogP contribution >= 0.6 is 0 Å². The van der Waals surface area contributed by atoms with Gasteiger partial charge in [-0.05, 0) is 57.0 Å². The van der Waals surface area contributed by atoms with Crippen LogP contribution in [0.2, 0.25) is 0 Å². The Labute approximate surface area is 107 Å². The fourth-order valence-electron chi connectivity index (χ4n) is 2.31. The first kappa shape index (κ1) is 12.9. The van der Waals surface area contributed by atoms with Gasteiger partial charge in [0.05, 0.1) is 5.41 Å². The molecule has 1 aromatic rings. The van der Waals surface area contributed by atoms with Gasteiger partial charge < -0.3 is 15.7 Å². The molecular weight excluding hydrogens is 228 g/mol. The lowest BCUT2D eigenvalue weighted by Crippen LogP contribution is -2.46. The van der Waals surface area contributed by atoms with Gasteiger partial charge >= 0.3 is 0 Å². The van der Waals surface area contributed by atoms with Crippen molar-refractivity contribution in [3.63, 3.8) is 0 Å². The summed E-state index contributed by atoms with van der Waals surface area (Å²) in [6, 6.07) is 4.98. The van der Waals surface area contributed by atoms with Gasteiger partial charge in [-0.3, -0.25) is 4.79 Å². The van der Waals surface area contributed by atoms with Crippen LogP contribution in [0.15, 0.2) is 18.2 Å². The molecule has 1 fully saturated rings. The van der Waals surface area contributed by atoms with Crippen LogP contribution in [-0.4, -0.2) is 24.1 Å². The number of nitrogens with one attached hydrogen (secondary N) is 2. The molecule has 0 saturated carbocycles. The third-order valence-electron chi connectivity index (χ3n) is 3.60. The Hall–Kier alpha value is -1.55. The Morgan fingerprint density at radius 1 is 1.50 bits per heavy atom. The molecule has 1 aliphatic rings. The lowest BCUT2D eigenvalue weighted by molar-refractivity contribution is -0.125. The molecule has 4 nitrogen and oxygen atoms in total. The predicted molar refractivity (Wildman–Crippen MR) is 71.7 cm³/mol. The molecule has 1 aromatic carbocycles. The molecule has 1 aliphatic heterocycles. The Kier molecular flexibility index (Phi) is 3.57. The van der Waals surface area contributed by atoms with Gasteiger partial charge in [0.15, 0.2) is 0 Å². The number of phenolic OH excluding ortho intramolecular Hbond substituents is 1. The van der Waals surface area contributed by atoms with Crippen LogP contribution in [0.1, 0.15) is 25.3 Å². The SMILES string of the molecule is Cc1cc(O)ccc1NC(=O)C1(C)CCCNC1. The summed E-state index contributed by atoms with van der Waals surface area (Å²) in [6.45, 7) is 5.57. The van der Waals surface area contributed by atoms with Gasteiger partial charge in [-0.2, -0.15) is 0 Å². The lowest BCUT2D eigenvalue weighted by atomic mass is 9.82. The van der Waals surface area contributed by atoms with Gasteiger partial charge in [0.25, 0.3) is 0 Å². The third-order valence-corrected chi connectivity index (χ3v) is 3.60. The van der Waals surface area contributed by atoms with E-state index in [0.29, 0.717) is 0 Å². The van der Waals surface area contributed by atoms with Gasteiger partial charge in [-0.15, -0.1) is 0 Å². The van der Waals surface area contributed by atoms with Crippen molar-refractivity contribution in [3.05, 3.63) is 23.8 Å². The lowest BCUT2D eigenvalue weighted by Gasteiger charge is -2.32. The van der Waals surface area contributed by atoms with Crippen molar-refractivity contribution in [3.8, 4) is 5.75 Å². The second kappa shape index (κ2) is 4.98. The van der Waals surface area contributed by atoms with Crippen LogP contribution in [0.5, 0.6) is 5.75 Å². The summed E-state index contributed by atoms with van der Waals surface area (Å²) in [5, 5.41) is 15.6. The van der Waals surface area contributed by atoms with Crippen LogP contribution in [0.3, 0.4) is 0 Å². The summed E-state index contributed by atoms with van der Waals surface area (Å²) in [7, 11) is 0. The van der Waals surface area contributed by atoms with E-state index in [-0.39, 0.29) is 17.1 Å². The summed E-state index contributed by atoms with van der Waals surface area (Å²) in [4.78, 5) is 12.3. The van der Waals surface area contributed by atoms with Gasteiger partial charge in [0, 0.05) is 12.2 Å². The minimum Gasteiger partial charge on any atom is -0.508 e. The van der Waals surface area contributed by atoms with E-state index < -0.39 is 0 Å². The maximum Gasteiger partial charge on any atom is 0.231 e. The van der Waals surface area contributed by atoms with Crippen molar-refractivity contribution in [2.45, 2.75) is 26.7 Å². The van der Waals surface area contributed by atoms with Crippen molar-refractivity contribution < 1.29 is 9.90 Å². The topological polar surface area (TPSA) is 61.4 Å². The first-order valence-corrected chi connectivity index (χ1v) is 6.33. The number of hydrogen-bond donors (Lipinski definition) is 3. The number of carbonyl (C=O) groups is 1. The van der Waals surface area contributed by atoms with Crippen molar-refractivity contribution in [2.24, 2.45) is 5.41 Å². The molecule has 1 amide bonds. The molecule has 1 heterocycles. The molecule has 1 atom stereocenters. The zero-order valence-corrected chi connectivity index (χ0v) is 10.9. The smallest absolute Gasteiger partial charge is 0.231 e. The quantitative estimate of drug-likeness (QED) is 0.702. The van der Waals surface area contributed by atoms with Crippen LogP contribution in [0, 0.1) is 12.3 Å². The molecule has 4 heteroatoms. The first-order valence-electron chi connectivity index (χ1n) is 6.33. The van der Waals surface area contributed by atoms with E-state index in [1.54, 1.807) is 18.2 Å². The maximum absolute atomic E-state index is 12.3. The number of aryl methyl sites for hydroxylation is 1. The molecule has 1 unspecified atom stereocenters. The molecule has 0 aliphatic carbocycles. The van der Waals surface area contributed by atoms with E-state index >= 15 is 0 Å². The first-order chi connectivity index (χ1) is 8.51. The Bertz CT molecular complexity index is 451. The van der Waals surface area contributed by atoms with Crippen LogP contribution in [0.25, 0.3) is 0 Å². The Morgan fingerprint density at radius 2 is 2.28 bits per heavy atom. The highest BCUT2D eigenvalue weighted by Gasteiger charge is 2.34. The molecule has 0 bridgehead atoms. The number of piperidine rings is 1. The molecule has 0 radical (unpaired) electrons. The van der Waals surface area contributed by atoms with E-state index in [9.17, 15) is 9.90 Å². The second-order valence-electron chi connectivity index (χ2n) is 5.29. The van der Waals surface area contributed by atoms with Crippen LogP contribution < -0.4 is 10.6 Å². The van der Waals surface area contributed by atoms with E-state index in [4.69, 9.17) is 0 Å². The fourth-order valence-corrected chi connectivity index (χ4v) is 2.31. The summed E-state index contributed by atoms with van der Waals surface area (Å²) in [5.74, 6) is 0.263. The van der Waals surface area contributed by atoms with E-state index in [0.717, 1.165) is 37.2 Å². The highest BCUT2D eigenvalue weighted by atomic mass is 16.3. The molecule has 2 rings (SSSR count). The molecule has 3 N–H and O–H groups in total. The Balaban J connectivity index is 2.11. The van der Waals surface area contributed by atoms with Crippen molar-refractivity contribution in [1.29, 1.82) is 0 Å². The largest absolute Gasteiger partial charge is 0.508 e. The summed E-state index contributed by atoms with van der Waals surface area (Å²) in [6.07, 6.45) is 1.93. The highest BCUT2D eigenvalue weighted by Crippen LogP contribution is 2.28. The molecule has 98 valence electrons. The van der Waals surface area contributed by atoms with E-state index in [1.165, 1.54) is 0 Å². The minimum atomic E-state index is -0.345. The standard InChI is InChI=1S/C14H20N2O2/c1-10-8-11(17)4-5-12(10)16-13(18)14(2)6-3-7-15-9-14/h4-5,8,15,17H,3,6-7,9H2,1-2H3,(H,16,18). The summed E-state index contributed by atoms with van der Waals surface area (Å²) in [5.41, 5.74) is 1.29. The van der Waals surface area contributed by atoms with E-state index in [2.05, 4.69) is 10.6 Å². The van der Waals surface area contributed by atoms with Crippen LogP contribution in [0.4, 0.5) is 5.69 Å². The number of amides is 1. The number of carbonyl (C=O) groups excluding carboxylic acids is 1. The van der Waals surface area contributed by atoms with Crippen molar-refractivity contribution in [2.75, 3.05) is 18.4 Å². The van der Waals surface area contributed by atoms with Crippen molar-refractivity contribution in [1.82, 2.24) is 5.32 Å². The molecule has 0 aromatic heterocycles. The second-order valence-corrected chi connectivity index (χ2v) is 5.29. The zero-order valence-electron chi connectivity index (χ0n) is 10.9. The van der Waals surface area contributed by atoms with E-state index in [1.807, 2.05) is 13.8 Å². The number of rotatable bonds is 2.